The Kier molecular flexibility index (Phi) is 8.08. The predicted molar refractivity (Wildman–Crippen MR) is 156 cm³/mol. The van der Waals surface area contributed by atoms with E-state index in [0.717, 1.165) is 6.16 Å². The zero-order valence-electron chi connectivity index (χ0n) is 21.9. The Morgan fingerprint density at radius 2 is 1.33 bits per heavy atom. The van der Waals surface area contributed by atoms with Crippen LogP contribution in [0.4, 0.5) is 0 Å². The summed E-state index contributed by atoms with van der Waals surface area (Å²) in [5, 5.41) is 14.4. The number of aliphatic hydroxyl groups excluding tert-OH is 1. The first kappa shape index (κ1) is 26.3. The molecule has 188 valence electrons. The van der Waals surface area contributed by atoms with Crippen LogP contribution in [0.1, 0.15) is 34.1 Å². The summed E-state index contributed by atoms with van der Waals surface area (Å²) in [6.07, 6.45) is 7.39. The van der Waals surface area contributed by atoms with Gasteiger partial charge < -0.3 is 0 Å². The van der Waals surface area contributed by atoms with Crippen molar-refractivity contribution in [1.82, 2.24) is 0 Å². The number of ketones is 1. The summed E-state index contributed by atoms with van der Waals surface area (Å²) in [5.41, 5.74) is 1.08. The molecule has 0 amide bonds. The van der Waals surface area contributed by atoms with Gasteiger partial charge in [-0.25, -0.2) is 0 Å². The second kappa shape index (κ2) is 11.1. The number of carbonyl (C=O) groups excluding carboxylic acids is 1. The van der Waals surface area contributed by atoms with Gasteiger partial charge in [-0.05, 0) is 0 Å². The monoisotopic (exact) mass is 498 g/mol. The Morgan fingerprint density at radius 3 is 1.78 bits per heavy atom. The molecule has 2 nitrogen and oxygen atoms in total. The van der Waals surface area contributed by atoms with Gasteiger partial charge in [-0.15, -0.1) is 0 Å². The number of allylic oxidation sites excluding steroid dienone is 4. The van der Waals surface area contributed by atoms with Gasteiger partial charge >= 0.3 is 217 Å². The molecule has 1 fully saturated rings. The van der Waals surface area contributed by atoms with Crippen LogP contribution < -0.4 is 15.9 Å². The Labute approximate surface area is 217 Å². The van der Waals surface area contributed by atoms with Crippen LogP contribution in [0, 0.1) is 17.3 Å². The molecular weight excluding hydrogens is 459 g/mol. The third kappa shape index (κ3) is 5.31. The van der Waals surface area contributed by atoms with E-state index in [1.807, 2.05) is 6.92 Å². The summed E-state index contributed by atoms with van der Waals surface area (Å²) < 4.78 is 0. The predicted octanol–water partition coefficient (Wildman–Crippen LogP) is 5.83. The summed E-state index contributed by atoms with van der Waals surface area (Å²) in [6, 6.07) is 32.9. The van der Waals surface area contributed by atoms with Gasteiger partial charge in [0.05, 0.1) is 0 Å². The molecule has 0 bridgehead atoms. The quantitative estimate of drug-likeness (QED) is 0.329. The maximum absolute atomic E-state index is 12.5. The van der Waals surface area contributed by atoms with E-state index in [-0.39, 0.29) is 23.0 Å². The van der Waals surface area contributed by atoms with Crippen molar-refractivity contribution in [3.05, 3.63) is 115 Å². The molecule has 0 spiro atoms. The summed E-state index contributed by atoms with van der Waals surface area (Å²) in [6.45, 7) is 8.43. The molecule has 0 heterocycles. The van der Waals surface area contributed by atoms with Crippen LogP contribution in [0.25, 0.3) is 0 Å². The van der Waals surface area contributed by atoms with Gasteiger partial charge in [0, 0.05) is 0 Å². The molecule has 4 rings (SSSR count). The van der Waals surface area contributed by atoms with Crippen molar-refractivity contribution in [3.63, 3.8) is 0 Å². The minimum atomic E-state index is -2.31. The molecule has 3 heteroatoms. The van der Waals surface area contributed by atoms with Gasteiger partial charge in [0.25, 0.3) is 0 Å². The third-order valence-electron chi connectivity index (χ3n) is 8.03. The van der Waals surface area contributed by atoms with Crippen molar-refractivity contribution in [2.24, 2.45) is 17.3 Å². The van der Waals surface area contributed by atoms with Crippen LogP contribution in [0.5, 0.6) is 0 Å². The molecule has 0 aliphatic heterocycles. The maximum atomic E-state index is 12.5. The Balaban J connectivity index is 1.73. The van der Waals surface area contributed by atoms with Crippen LogP contribution in [-0.2, 0) is 4.79 Å². The fourth-order valence-corrected chi connectivity index (χ4v) is 10.6. The van der Waals surface area contributed by atoms with Crippen LogP contribution >= 0.6 is 7.26 Å². The molecule has 3 aromatic rings. The van der Waals surface area contributed by atoms with E-state index in [4.69, 9.17) is 0 Å². The number of rotatable bonds is 7. The van der Waals surface area contributed by atoms with E-state index in [2.05, 4.69) is 130 Å². The summed E-state index contributed by atoms with van der Waals surface area (Å²) in [7, 11) is -2.31. The molecule has 1 N–H and O–H groups in total. The van der Waals surface area contributed by atoms with Crippen molar-refractivity contribution < 1.29 is 9.90 Å². The Bertz CT molecular complexity index is 1120. The molecule has 1 aliphatic rings. The Morgan fingerprint density at radius 1 is 0.889 bits per heavy atom. The molecule has 36 heavy (non-hydrogen) atoms. The SMILES string of the molecule is CC(C=CC1C(C)C(=O)C(O)CC1(C)C)=CC[PH](c1ccccc1)(c1ccccc1)c1ccccc1. The van der Waals surface area contributed by atoms with Gasteiger partial charge in [0.1, 0.15) is 0 Å². The molecule has 0 radical (unpaired) electrons. The van der Waals surface area contributed by atoms with E-state index >= 15 is 0 Å². The summed E-state index contributed by atoms with van der Waals surface area (Å²) in [5.74, 6) is -0.107. The zero-order valence-corrected chi connectivity index (χ0v) is 22.9. The Hall–Kier alpha value is -2.80. The molecule has 1 saturated carbocycles. The van der Waals surface area contributed by atoms with E-state index in [1.165, 1.54) is 21.5 Å². The molecule has 0 saturated heterocycles. The standard InChI is InChI=1S/C33H39O2P/c1-25(20-21-30-26(2)32(35)31(34)24-33(30,3)4)22-23-36(27-14-8-5-9-15-27,28-16-10-6-11-17-28)29-18-12-7-13-19-29/h5-22,26,30-31,34,36H,23-24H2,1-4H3. The third-order valence-corrected chi connectivity index (χ3v) is 12.8. The number of aliphatic hydroxyl groups is 1. The van der Waals surface area contributed by atoms with Gasteiger partial charge in [-0.3, -0.25) is 0 Å². The number of Topliss-reactive ketones (excluding diaryl/α,β-unsaturated/α-hetero) is 1. The molecule has 3 atom stereocenters. The average Bonchev–Trinajstić information content (AvgIpc) is 2.89. The van der Waals surface area contributed by atoms with Crippen molar-refractivity contribution in [3.8, 4) is 0 Å². The van der Waals surface area contributed by atoms with E-state index < -0.39 is 13.4 Å². The molecule has 1 aliphatic carbocycles. The first-order chi connectivity index (χ1) is 17.3. The first-order valence-electron chi connectivity index (χ1n) is 13.0. The minimum absolute atomic E-state index is 0.0331. The summed E-state index contributed by atoms with van der Waals surface area (Å²) >= 11 is 0. The number of hydrogen-bond donors (Lipinski definition) is 1. The topological polar surface area (TPSA) is 37.3 Å². The number of benzene rings is 3. The molecule has 0 aromatic heterocycles. The fraction of sp³-hybridized carbons (Fsp3) is 0.303. The number of carbonyl (C=O) groups is 1. The van der Waals surface area contributed by atoms with E-state index in [0.29, 0.717) is 6.42 Å². The van der Waals surface area contributed by atoms with Crippen molar-refractivity contribution in [2.75, 3.05) is 6.16 Å². The van der Waals surface area contributed by atoms with E-state index in [1.54, 1.807) is 0 Å². The molecular formula is C33H39O2P. The molecule has 3 aromatic carbocycles. The van der Waals surface area contributed by atoms with Gasteiger partial charge in [-0.2, -0.15) is 0 Å². The second-order valence-electron chi connectivity index (χ2n) is 10.9. The van der Waals surface area contributed by atoms with Gasteiger partial charge in [0.15, 0.2) is 0 Å². The van der Waals surface area contributed by atoms with Gasteiger partial charge in [-0.1, -0.05) is 0 Å². The fourth-order valence-electron chi connectivity index (χ4n) is 5.98. The summed E-state index contributed by atoms with van der Waals surface area (Å²) in [4.78, 5) is 12.5. The van der Waals surface area contributed by atoms with Gasteiger partial charge in [0.2, 0.25) is 0 Å². The van der Waals surface area contributed by atoms with Crippen molar-refractivity contribution in [1.29, 1.82) is 0 Å². The second-order valence-corrected chi connectivity index (χ2v) is 14.9. The van der Waals surface area contributed by atoms with Crippen LogP contribution in [0.15, 0.2) is 115 Å². The zero-order chi connectivity index (χ0) is 25.8. The number of hydrogen-bond acceptors (Lipinski definition) is 2. The van der Waals surface area contributed by atoms with Crippen LogP contribution in [-0.4, -0.2) is 23.2 Å². The molecule has 3 unspecified atom stereocenters. The van der Waals surface area contributed by atoms with E-state index in [9.17, 15) is 9.90 Å². The van der Waals surface area contributed by atoms with Crippen LogP contribution in [0.2, 0.25) is 0 Å². The first-order valence-corrected chi connectivity index (χ1v) is 15.2. The van der Waals surface area contributed by atoms with Crippen LogP contribution in [0.3, 0.4) is 0 Å². The normalized spacial score (nSPS) is 23.1. The average molecular weight is 499 g/mol. The van der Waals surface area contributed by atoms with Crippen molar-refractivity contribution >= 4 is 29.0 Å². The van der Waals surface area contributed by atoms with Crippen molar-refractivity contribution in [2.45, 2.75) is 40.2 Å².